The van der Waals surface area contributed by atoms with E-state index in [1.807, 2.05) is 29.6 Å². The van der Waals surface area contributed by atoms with Crippen LogP contribution in [0.25, 0.3) is 33.1 Å². The van der Waals surface area contributed by atoms with Crippen LogP contribution in [0.1, 0.15) is 37.0 Å². The molecule has 1 aromatic carbocycles. The van der Waals surface area contributed by atoms with Gasteiger partial charge in [-0.3, -0.25) is 4.79 Å². The van der Waals surface area contributed by atoms with Crippen LogP contribution in [0.5, 0.6) is 5.75 Å². The van der Waals surface area contributed by atoms with E-state index in [2.05, 4.69) is 53.8 Å². The van der Waals surface area contributed by atoms with Crippen LogP contribution in [0.2, 0.25) is 0 Å². The quantitative estimate of drug-likeness (QED) is 0.336. The summed E-state index contributed by atoms with van der Waals surface area (Å²) in [7, 11) is 1.71. The number of aromatic nitrogens is 3. The maximum absolute atomic E-state index is 13.4. The van der Waals surface area contributed by atoms with Crippen molar-refractivity contribution in [1.82, 2.24) is 19.9 Å². The second-order valence-electron chi connectivity index (χ2n) is 11.4. The molecule has 2 aliphatic heterocycles. The number of pyridine rings is 1. The molecule has 0 saturated carbocycles. The number of hydrogen-bond acceptors (Lipinski definition) is 7. The summed E-state index contributed by atoms with van der Waals surface area (Å²) in [6.07, 6.45) is 0.778. The summed E-state index contributed by atoms with van der Waals surface area (Å²) in [5.41, 5.74) is 5.79. The van der Waals surface area contributed by atoms with Gasteiger partial charge in [-0.15, -0.1) is 11.3 Å². The number of nitrogens with one attached hydrogen (secondary N) is 1. The average Bonchev–Trinajstić information content (AvgIpc) is 3.64. The highest BCUT2D eigenvalue weighted by Gasteiger charge is 2.30. The van der Waals surface area contributed by atoms with E-state index in [9.17, 15) is 4.79 Å². The summed E-state index contributed by atoms with van der Waals surface area (Å²) in [6, 6.07) is 14.5. The molecule has 0 radical (unpaired) electrons. The minimum absolute atomic E-state index is 0.0234. The second kappa shape index (κ2) is 10.7. The maximum atomic E-state index is 13.4. The molecular formula is C31H35N5O3S. The number of aryl methyl sites for hydroxylation is 1. The molecule has 4 aromatic rings. The molecule has 1 fully saturated rings. The van der Waals surface area contributed by atoms with E-state index >= 15 is 0 Å². The Morgan fingerprint density at radius 2 is 1.90 bits per heavy atom. The van der Waals surface area contributed by atoms with E-state index in [1.165, 1.54) is 5.56 Å². The highest BCUT2D eigenvalue weighted by molar-refractivity contribution is 7.13. The normalized spacial score (nSPS) is 14.9. The number of ether oxygens (including phenoxy) is 2. The van der Waals surface area contributed by atoms with E-state index in [0.717, 1.165) is 64.2 Å². The lowest BCUT2D eigenvalue weighted by atomic mass is 9.93. The number of thiophene rings is 1. The summed E-state index contributed by atoms with van der Waals surface area (Å²) < 4.78 is 13.5. The molecule has 1 amide bonds. The molecule has 0 bridgehead atoms. The lowest BCUT2D eigenvalue weighted by Gasteiger charge is -2.28. The molecule has 1 saturated heterocycles. The van der Waals surface area contributed by atoms with Crippen LogP contribution < -0.4 is 15.0 Å². The zero-order valence-electron chi connectivity index (χ0n) is 23.5. The lowest BCUT2D eigenvalue weighted by molar-refractivity contribution is 0.0924. The molecule has 6 rings (SSSR count). The van der Waals surface area contributed by atoms with Crippen LogP contribution in [-0.4, -0.2) is 60.4 Å². The summed E-state index contributed by atoms with van der Waals surface area (Å²) >= 11 is 1.63. The van der Waals surface area contributed by atoms with Crippen molar-refractivity contribution in [2.45, 2.75) is 33.7 Å². The first-order valence-electron chi connectivity index (χ1n) is 13.8. The van der Waals surface area contributed by atoms with Crippen molar-refractivity contribution in [3.8, 4) is 38.8 Å². The highest BCUT2D eigenvalue weighted by atomic mass is 32.1. The number of nitrogens with zero attached hydrogens (tertiary/aromatic N) is 4. The van der Waals surface area contributed by atoms with Gasteiger partial charge >= 0.3 is 0 Å². The van der Waals surface area contributed by atoms with Gasteiger partial charge in [0.15, 0.2) is 5.82 Å². The molecule has 2 aliphatic rings. The molecule has 8 nitrogen and oxygen atoms in total. The number of rotatable bonds is 6. The first-order chi connectivity index (χ1) is 19.3. The fourth-order valence-electron chi connectivity index (χ4n) is 5.32. The predicted octanol–water partition coefficient (Wildman–Crippen LogP) is 5.52. The minimum Gasteiger partial charge on any atom is -0.496 e. The van der Waals surface area contributed by atoms with Crippen LogP contribution in [-0.2, 0) is 17.7 Å². The van der Waals surface area contributed by atoms with E-state index in [4.69, 9.17) is 19.4 Å². The Morgan fingerprint density at radius 3 is 2.62 bits per heavy atom. The molecule has 5 heterocycles. The molecule has 0 aliphatic carbocycles. The van der Waals surface area contributed by atoms with Crippen molar-refractivity contribution in [1.29, 1.82) is 0 Å². The summed E-state index contributed by atoms with van der Waals surface area (Å²) in [5.74, 6) is 2.04. The molecule has 208 valence electrons. The Balaban J connectivity index is 1.47. The number of imidazole rings is 1. The fraction of sp³-hybridized carbons (Fsp3) is 0.387. The Kier molecular flexibility index (Phi) is 7.10. The monoisotopic (exact) mass is 557 g/mol. The third kappa shape index (κ3) is 5.11. The summed E-state index contributed by atoms with van der Waals surface area (Å²) in [4.78, 5) is 26.7. The SMILES string of the molecule is COc1cc2c(cc1-c1cccc(N3CCOCC3)n1)-c1c(-c3cccs3)nc(C(=O)NCC(C)(C)C)n1CC2. The van der Waals surface area contributed by atoms with Crippen LogP contribution in [0.15, 0.2) is 47.8 Å². The molecule has 40 heavy (non-hydrogen) atoms. The minimum atomic E-state index is -0.143. The number of fused-ring (bicyclic) bond motifs is 3. The van der Waals surface area contributed by atoms with Crippen molar-refractivity contribution < 1.29 is 14.3 Å². The smallest absolute Gasteiger partial charge is 0.287 e. The van der Waals surface area contributed by atoms with Gasteiger partial charge in [0.05, 0.1) is 36.6 Å². The first kappa shape index (κ1) is 26.5. The van der Waals surface area contributed by atoms with Gasteiger partial charge in [-0.1, -0.05) is 32.9 Å². The Labute approximate surface area is 239 Å². The topological polar surface area (TPSA) is 81.5 Å². The lowest BCUT2D eigenvalue weighted by Crippen LogP contribution is -2.36. The van der Waals surface area contributed by atoms with Gasteiger partial charge in [0.1, 0.15) is 17.3 Å². The Hall–Kier alpha value is -3.69. The molecule has 3 aromatic heterocycles. The van der Waals surface area contributed by atoms with Crippen molar-refractivity contribution >= 4 is 23.1 Å². The number of amides is 1. The van der Waals surface area contributed by atoms with Crippen molar-refractivity contribution in [3.63, 3.8) is 0 Å². The van der Waals surface area contributed by atoms with Crippen LogP contribution in [0.4, 0.5) is 5.82 Å². The van der Waals surface area contributed by atoms with Gasteiger partial charge in [-0.2, -0.15) is 0 Å². The molecular weight excluding hydrogens is 522 g/mol. The largest absolute Gasteiger partial charge is 0.496 e. The number of morpholine rings is 1. The maximum Gasteiger partial charge on any atom is 0.287 e. The second-order valence-corrected chi connectivity index (χ2v) is 12.4. The number of methoxy groups -OCH3 is 1. The van der Waals surface area contributed by atoms with Crippen molar-refractivity contribution in [3.05, 3.63) is 59.2 Å². The van der Waals surface area contributed by atoms with E-state index in [0.29, 0.717) is 32.1 Å². The summed E-state index contributed by atoms with van der Waals surface area (Å²) in [6.45, 7) is 10.6. The molecule has 0 unspecified atom stereocenters. The Bertz CT molecular complexity index is 1530. The number of anilines is 1. The van der Waals surface area contributed by atoms with Gasteiger partial charge in [0, 0.05) is 37.3 Å². The van der Waals surface area contributed by atoms with Crippen LogP contribution in [0.3, 0.4) is 0 Å². The third-order valence-electron chi connectivity index (χ3n) is 7.34. The van der Waals surface area contributed by atoms with Crippen LogP contribution in [0, 0.1) is 5.41 Å². The van der Waals surface area contributed by atoms with Gasteiger partial charge in [-0.05, 0) is 53.1 Å². The molecule has 1 N–H and O–H groups in total. The third-order valence-corrected chi connectivity index (χ3v) is 8.21. The molecule has 9 heteroatoms. The molecule has 0 atom stereocenters. The van der Waals surface area contributed by atoms with E-state index in [1.54, 1.807) is 18.4 Å². The first-order valence-corrected chi connectivity index (χ1v) is 14.6. The van der Waals surface area contributed by atoms with Crippen molar-refractivity contribution in [2.24, 2.45) is 5.41 Å². The zero-order chi connectivity index (χ0) is 27.9. The van der Waals surface area contributed by atoms with Crippen LogP contribution >= 0.6 is 11.3 Å². The summed E-state index contributed by atoms with van der Waals surface area (Å²) in [5, 5.41) is 5.15. The van der Waals surface area contributed by atoms with E-state index in [-0.39, 0.29) is 11.3 Å². The standard InChI is InChI=1S/C31H35N5O3S/c1-31(2,3)19-32-30(37)29-34-27(25-8-6-16-40-25)28-21-18-22(24(38-4)17-20(21)10-11-36(28)29)23-7-5-9-26(33-23)35-12-14-39-15-13-35/h5-9,16-18H,10-15,19H2,1-4H3,(H,32,37). The number of carbonyl (C=O) groups excluding carboxylic acids is 1. The molecule has 0 spiro atoms. The van der Waals surface area contributed by atoms with Gasteiger partial charge < -0.3 is 24.3 Å². The Morgan fingerprint density at radius 1 is 1.07 bits per heavy atom. The predicted molar refractivity (Wildman–Crippen MR) is 159 cm³/mol. The van der Waals surface area contributed by atoms with Gasteiger partial charge in [-0.25, -0.2) is 9.97 Å². The van der Waals surface area contributed by atoms with Crippen molar-refractivity contribution in [2.75, 3.05) is 44.9 Å². The van der Waals surface area contributed by atoms with E-state index < -0.39 is 0 Å². The number of hydrogen-bond donors (Lipinski definition) is 1. The zero-order valence-corrected chi connectivity index (χ0v) is 24.3. The van der Waals surface area contributed by atoms with Gasteiger partial charge in [0.2, 0.25) is 0 Å². The number of carbonyl (C=O) groups is 1. The average molecular weight is 558 g/mol. The fourth-order valence-corrected chi connectivity index (χ4v) is 6.03. The highest BCUT2D eigenvalue weighted by Crippen LogP contribution is 2.44. The van der Waals surface area contributed by atoms with Gasteiger partial charge in [0.25, 0.3) is 5.91 Å². The number of benzene rings is 1.